The molecule has 0 aliphatic rings. The molecule has 0 amide bonds. The summed E-state index contributed by atoms with van der Waals surface area (Å²) in [6.45, 7) is 6.50. The maximum absolute atomic E-state index is 11.5. The highest BCUT2D eigenvalue weighted by molar-refractivity contribution is 8.13. The van der Waals surface area contributed by atoms with Crippen molar-refractivity contribution in [2.45, 2.75) is 25.7 Å². The van der Waals surface area contributed by atoms with Crippen LogP contribution in [0.25, 0.3) is 0 Å². The molecule has 108 valence electrons. The summed E-state index contributed by atoms with van der Waals surface area (Å²) in [6, 6.07) is 2.80. The van der Waals surface area contributed by atoms with Crippen molar-refractivity contribution in [3.8, 4) is 17.2 Å². The van der Waals surface area contributed by atoms with Crippen LogP contribution in [0, 0.1) is 0 Å². The van der Waals surface area contributed by atoms with E-state index < -0.39 is 9.05 Å². The fraction of sp³-hybridized carbons (Fsp3) is 0.500. The smallest absolute Gasteiger partial charge is 0.265 e. The number of hydrogen-bond acceptors (Lipinski definition) is 5. The van der Waals surface area contributed by atoms with Crippen LogP contribution in [0.15, 0.2) is 17.0 Å². The zero-order valence-electron chi connectivity index (χ0n) is 11.1. The molecule has 5 nitrogen and oxygen atoms in total. The minimum Gasteiger partial charge on any atom is -0.492 e. The number of halogens is 1. The van der Waals surface area contributed by atoms with E-state index in [1.807, 2.05) is 6.92 Å². The normalized spacial score (nSPS) is 11.2. The van der Waals surface area contributed by atoms with Crippen LogP contribution < -0.4 is 14.2 Å². The summed E-state index contributed by atoms with van der Waals surface area (Å²) in [5.74, 6) is 0.910. The average molecular weight is 309 g/mol. The lowest BCUT2D eigenvalue weighted by Gasteiger charge is -2.15. The van der Waals surface area contributed by atoms with Gasteiger partial charge in [0.25, 0.3) is 9.05 Å². The first-order valence-electron chi connectivity index (χ1n) is 5.95. The molecule has 0 aliphatic carbocycles. The Balaban J connectivity index is 3.40. The molecule has 19 heavy (non-hydrogen) atoms. The summed E-state index contributed by atoms with van der Waals surface area (Å²) in [6.07, 6.45) is 0. The zero-order valence-corrected chi connectivity index (χ0v) is 12.7. The Kier molecular flexibility index (Phi) is 5.75. The molecule has 1 aromatic carbocycles. The molecule has 0 atom stereocenters. The van der Waals surface area contributed by atoms with Gasteiger partial charge in [0, 0.05) is 22.8 Å². The van der Waals surface area contributed by atoms with Crippen molar-refractivity contribution in [3.05, 3.63) is 12.1 Å². The summed E-state index contributed by atoms with van der Waals surface area (Å²) < 4.78 is 39.1. The second-order valence-electron chi connectivity index (χ2n) is 3.48. The highest BCUT2D eigenvalue weighted by Crippen LogP contribution is 2.38. The summed E-state index contributed by atoms with van der Waals surface area (Å²) in [7, 11) is 1.48. The summed E-state index contributed by atoms with van der Waals surface area (Å²) in [5.41, 5.74) is 0. The molecule has 0 radical (unpaired) electrons. The molecule has 0 bridgehead atoms. The van der Waals surface area contributed by atoms with Gasteiger partial charge < -0.3 is 14.2 Å². The van der Waals surface area contributed by atoms with Crippen LogP contribution in [0.4, 0.5) is 0 Å². The van der Waals surface area contributed by atoms with Gasteiger partial charge in [-0.15, -0.1) is 0 Å². The Labute approximate surface area is 117 Å². The molecule has 0 heterocycles. The monoisotopic (exact) mass is 308 g/mol. The van der Waals surface area contributed by atoms with E-state index in [1.54, 1.807) is 13.8 Å². The quantitative estimate of drug-likeness (QED) is 0.725. The Bertz CT molecular complexity index is 527. The second kappa shape index (κ2) is 6.86. The van der Waals surface area contributed by atoms with Crippen LogP contribution in [0.3, 0.4) is 0 Å². The van der Waals surface area contributed by atoms with E-state index in [-0.39, 0.29) is 10.6 Å². The fourth-order valence-electron chi connectivity index (χ4n) is 1.52. The molecule has 1 rings (SSSR count). The van der Waals surface area contributed by atoms with Crippen LogP contribution >= 0.6 is 10.7 Å². The summed E-state index contributed by atoms with van der Waals surface area (Å²) in [5, 5.41) is 0. The molecule has 0 saturated heterocycles. The molecule has 0 aliphatic heterocycles. The maximum Gasteiger partial charge on any atom is 0.265 e. The number of benzene rings is 1. The molecule has 0 spiro atoms. The molecule has 0 fully saturated rings. The highest BCUT2D eigenvalue weighted by atomic mass is 35.7. The first-order chi connectivity index (χ1) is 8.93. The van der Waals surface area contributed by atoms with Gasteiger partial charge in [-0.25, -0.2) is 8.42 Å². The standard InChI is InChI=1S/C12H17ClO5S/c1-4-16-9-7-11(18-6-3)12(19(13,14)15)8-10(9)17-5-2/h7-8H,4-6H2,1-3H3. The molecule has 0 saturated carbocycles. The summed E-state index contributed by atoms with van der Waals surface area (Å²) in [4.78, 5) is -0.122. The van der Waals surface area contributed by atoms with Gasteiger partial charge >= 0.3 is 0 Å². The minimum absolute atomic E-state index is 0.122. The maximum atomic E-state index is 11.5. The van der Waals surface area contributed by atoms with Crippen LogP contribution in [-0.2, 0) is 9.05 Å². The van der Waals surface area contributed by atoms with Crippen LogP contribution in [0.1, 0.15) is 20.8 Å². The third kappa shape index (κ3) is 4.18. The first kappa shape index (κ1) is 15.9. The van der Waals surface area contributed by atoms with Crippen molar-refractivity contribution < 1.29 is 22.6 Å². The van der Waals surface area contributed by atoms with E-state index in [4.69, 9.17) is 24.9 Å². The Morgan fingerprint density at radius 1 is 0.895 bits per heavy atom. The van der Waals surface area contributed by atoms with Gasteiger partial charge in [-0.3, -0.25) is 0 Å². The lowest BCUT2D eigenvalue weighted by Crippen LogP contribution is -2.04. The molecular formula is C12H17ClO5S. The minimum atomic E-state index is -3.92. The van der Waals surface area contributed by atoms with E-state index >= 15 is 0 Å². The molecule has 0 aromatic heterocycles. The van der Waals surface area contributed by atoms with Gasteiger partial charge in [0.15, 0.2) is 11.5 Å². The third-order valence-corrected chi connectivity index (χ3v) is 3.52. The van der Waals surface area contributed by atoms with Gasteiger partial charge in [0.1, 0.15) is 10.6 Å². The van der Waals surface area contributed by atoms with Crippen LogP contribution in [-0.4, -0.2) is 28.2 Å². The van der Waals surface area contributed by atoms with E-state index in [0.717, 1.165) is 0 Å². The second-order valence-corrected chi connectivity index (χ2v) is 6.02. The fourth-order valence-corrected chi connectivity index (χ4v) is 2.49. The number of rotatable bonds is 7. The summed E-state index contributed by atoms with van der Waals surface area (Å²) >= 11 is 0. The highest BCUT2D eigenvalue weighted by Gasteiger charge is 2.21. The van der Waals surface area contributed by atoms with Crippen LogP contribution in [0.2, 0.25) is 0 Å². The Hall–Kier alpha value is -1.14. The van der Waals surface area contributed by atoms with E-state index in [9.17, 15) is 8.42 Å². The molecule has 0 N–H and O–H groups in total. The first-order valence-corrected chi connectivity index (χ1v) is 8.26. The van der Waals surface area contributed by atoms with Crippen molar-refractivity contribution in [2.24, 2.45) is 0 Å². The van der Waals surface area contributed by atoms with Crippen molar-refractivity contribution >= 4 is 19.7 Å². The lowest BCUT2D eigenvalue weighted by molar-refractivity contribution is 0.280. The Morgan fingerprint density at radius 2 is 1.32 bits per heavy atom. The molecule has 7 heteroatoms. The molecular weight excluding hydrogens is 292 g/mol. The van der Waals surface area contributed by atoms with Crippen molar-refractivity contribution in [1.29, 1.82) is 0 Å². The molecule has 0 unspecified atom stereocenters. The predicted molar refractivity (Wildman–Crippen MR) is 73.0 cm³/mol. The lowest BCUT2D eigenvalue weighted by atomic mass is 10.3. The van der Waals surface area contributed by atoms with Crippen LogP contribution in [0.5, 0.6) is 17.2 Å². The Morgan fingerprint density at radius 3 is 1.74 bits per heavy atom. The van der Waals surface area contributed by atoms with Crippen molar-refractivity contribution in [3.63, 3.8) is 0 Å². The van der Waals surface area contributed by atoms with Gasteiger partial charge in [0.05, 0.1) is 19.8 Å². The van der Waals surface area contributed by atoms with Crippen molar-refractivity contribution in [1.82, 2.24) is 0 Å². The SMILES string of the molecule is CCOc1cc(OCC)c(S(=O)(=O)Cl)cc1OCC. The van der Waals surface area contributed by atoms with Gasteiger partial charge in [-0.05, 0) is 20.8 Å². The van der Waals surface area contributed by atoms with Crippen molar-refractivity contribution in [2.75, 3.05) is 19.8 Å². The average Bonchev–Trinajstić information content (AvgIpc) is 2.31. The third-order valence-electron chi connectivity index (χ3n) is 2.17. The zero-order chi connectivity index (χ0) is 14.5. The van der Waals surface area contributed by atoms with E-state index in [1.165, 1.54) is 12.1 Å². The van der Waals surface area contributed by atoms with Gasteiger partial charge in [-0.2, -0.15) is 0 Å². The predicted octanol–water partition coefficient (Wildman–Crippen LogP) is 2.81. The topological polar surface area (TPSA) is 61.8 Å². The van der Waals surface area contributed by atoms with Gasteiger partial charge in [0.2, 0.25) is 0 Å². The van der Waals surface area contributed by atoms with E-state index in [2.05, 4.69) is 0 Å². The van der Waals surface area contributed by atoms with Gasteiger partial charge in [-0.1, -0.05) is 0 Å². The molecule has 1 aromatic rings. The van der Waals surface area contributed by atoms with E-state index in [0.29, 0.717) is 31.3 Å². The number of hydrogen-bond donors (Lipinski definition) is 0. The number of ether oxygens (including phenoxy) is 3. The largest absolute Gasteiger partial charge is 0.492 e.